The van der Waals surface area contributed by atoms with E-state index in [1.807, 2.05) is 19.1 Å². The van der Waals surface area contributed by atoms with Gasteiger partial charge in [-0.15, -0.1) is 0 Å². The Morgan fingerprint density at radius 3 is 2.81 bits per heavy atom. The van der Waals surface area contributed by atoms with Crippen LogP contribution in [-0.4, -0.2) is 17.5 Å². The van der Waals surface area contributed by atoms with Crippen LogP contribution in [0.15, 0.2) is 53.0 Å². The van der Waals surface area contributed by atoms with E-state index in [9.17, 15) is 9.90 Å². The van der Waals surface area contributed by atoms with E-state index in [-0.39, 0.29) is 11.5 Å². The Morgan fingerprint density at radius 1 is 1.29 bits per heavy atom. The van der Waals surface area contributed by atoms with Crippen LogP contribution in [0.5, 0.6) is 11.5 Å². The van der Waals surface area contributed by atoms with E-state index in [0.29, 0.717) is 17.9 Å². The van der Waals surface area contributed by atoms with Gasteiger partial charge in [-0.1, -0.05) is 40.2 Å². The lowest BCUT2D eigenvalue weighted by atomic mass is 10.1. The van der Waals surface area contributed by atoms with Gasteiger partial charge in [0.25, 0.3) is 0 Å². The van der Waals surface area contributed by atoms with E-state index in [1.165, 1.54) is 6.08 Å². The third-order valence-electron chi connectivity index (χ3n) is 2.82. The topological polar surface area (TPSA) is 46.5 Å². The van der Waals surface area contributed by atoms with Crippen molar-refractivity contribution in [3.63, 3.8) is 0 Å². The van der Waals surface area contributed by atoms with E-state index in [2.05, 4.69) is 15.9 Å². The van der Waals surface area contributed by atoms with Gasteiger partial charge in [0, 0.05) is 10.0 Å². The largest absolute Gasteiger partial charge is 0.504 e. The summed E-state index contributed by atoms with van der Waals surface area (Å²) in [5.41, 5.74) is 1.41. The fourth-order valence-corrected chi connectivity index (χ4v) is 2.21. The molecule has 108 valence electrons. The summed E-state index contributed by atoms with van der Waals surface area (Å²) in [5.74, 6) is 0.421. The van der Waals surface area contributed by atoms with Gasteiger partial charge in [0.15, 0.2) is 17.3 Å². The van der Waals surface area contributed by atoms with E-state index in [1.54, 1.807) is 36.4 Å². The average Bonchev–Trinajstić information content (AvgIpc) is 2.48. The zero-order valence-electron chi connectivity index (χ0n) is 11.5. The number of hydrogen-bond acceptors (Lipinski definition) is 3. The lowest BCUT2D eigenvalue weighted by molar-refractivity contribution is 0.104. The summed E-state index contributed by atoms with van der Waals surface area (Å²) in [4.78, 5) is 12.1. The fraction of sp³-hybridized carbons (Fsp3) is 0.118. The maximum Gasteiger partial charge on any atom is 0.185 e. The van der Waals surface area contributed by atoms with Crippen molar-refractivity contribution in [3.05, 3.63) is 64.1 Å². The molecule has 2 aromatic rings. The third-order valence-corrected chi connectivity index (χ3v) is 3.31. The highest BCUT2D eigenvalue weighted by Crippen LogP contribution is 2.27. The zero-order chi connectivity index (χ0) is 15.2. The monoisotopic (exact) mass is 346 g/mol. The van der Waals surface area contributed by atoms with E-state index < -0.39 is 0 Å². The maximum absolute atomic E-state index is 12.1. The summed E-state index contributed by atoms with van der Waals surface area (Å²) < 4.78 is 6.18. The van der Waals surface area contributed by atoms with Crippen LogP contribution >= 0.6 is 15.9 Å². The van der Waals surface area contributed by atoms with Crippen LogP contribution in [0.3, 0.4) is 0 Å². The molecule has 0 fully saturated rings. The molecule has 2 aromatic carbocycles. The summed E-state index contributed by atoms with van der Waals surface area (Å²) in [6.07, 6.45) is 3.20. The number of phenols is 1. The van der Waals surface area contributed by atoms with E-state index in [4.69, 9.17) is 4.74 Å². The summed E-state index contributed by atoms with van der Waals surface area (Å²) >= 11 is 3.34. The van der Waals surface area contributed by atoms with Crippen molar-refractivity contribution in [1.82, 2.24) is 0 Å². The second-order valence-corrected chi connectivity index (χ2v) is 5.28. The number of rotatable bonds is 5. The molecule has 0 atom stereocenters. The van der Waals surface area contributed by atoms with Crippen LogP contribution in [-0.2, 0) is 0 Å². The van der Waals surface area contributed by atoms with Crippen LogP contribution in [0.25, 0.3) is 6.08 Å². The molecule has 0 aliphatic rings. The van der Waals surface area contributed by atoms with Gasteiger partial charge in [0.05, 0.1) is 6.61 Å². The molecule has 0 aliphatic heterocycles. The van der Waals surface area contributed by atoms with Gasteiger partial charge >= 0.3 is 0 Å². The Kier molecular flexibility index (Phi) is 5.17. The SMILES string of the molecule is CCOc1cc(/C=C/C(=O)c2cccc(Br)c2)ccc1O. The number of benzene rings is 2. The average molecular weight is 347 g/mol. The van der Waals surface area contributed by atoms with Crippen LogP contribution in [0.2, 0.25) is 0 Å². The summed E-state index contributed by atoms with van der Waals surface area (Å²) in [6.45, 7) is 2.32. The Morgan fingerprint density at radius 2 is 2.10 bits per heavy atom. The highest BCUT2D eigenvalue weighted by molar-refractivity contribution is 9.10. The van der Waals surface area contributed by atoms with Crippen molar-refractivity contribution in [1.29, 1.82) is 0 Å². The first kappa shape index (κ1) is 15.3. The molecule has 0 bridgehead atoms. The van der Waals surface area contributed by atoms with Crippen molar-refractivity contribution >= 4 is 27.8 Å². The number of hydrogen-bond donors (Lipinski definition) is 1. The van der Waals surface area contributed by atoms with E-state index >= 15 is 0 Å². The van der Waals surface area contributed by atoms with Gasteiger partial charge in [-0.25, -0.2) is 0 Å². The Balaban J connectivity index is 2.17. The third kappa shape index (κ3) is 4.20. The Bertz CT molecular complexity index is 677. The molecule has 21 heavy (non-hydrogen) atoms. The summed E-state index contributed by atoms with van der Waals surface area (Å²) in [5, 5.41) is 9.63. The number of carbonyl (C=O) groups excluding carboxylic acids is 1. The van der Waals surface area contributed by atoms with Crippen molar-refractivity contribution in [2.75, 3.05) is 6.61 Å². The quantitative estimate of drug-likeness (QED) is 0.642. The second kappa shape index (κ2) is 7.09. The molecule has 4 heteroatoms. The molecular weight excluding hydrogens is 332 g/mol. The number of allylic oxidation sites excluding steroid dienone is 1. The highest BCUT2D eigenvalue weighted by Gasteiger charge is 2.04. The second-order valence-electron chi connectivity index (χ2n) is 4.37. The predicted molar refractivity (Wildman–Crippen MR) is 86.8 cm³/mol. The number of aromatic hydroxyl groups is 1. The molecule has 2 rings (SSSR count). The van der Waals surface area contributed by atoms with Crippen LogP contribution < -0.4 is 4.74 Å². The first-order valence-corrected chi connectivity index (χ1v) is 7.33. The lowest BCUT2D eigenvalue weighted by Gasteiger charge is -2.06. The molecule has 0 radical (unpaired) electrons. The van der Waals surface area contributed by atoms with Crippen molar-refractivity contribution in [2.24, 2.45) is 0 Å². The molecule has 3 nitrogen and oxygen atoms in total. The number of ether oxygens (including phenoxy) is 1. The molecule has 0 amide bonds. The molecule has 1 N–H and O–H groups in total. The predicted octanol–water partition coefficient (Wildman–Crippen LogP) is 4.45. The molecule has 0 saturated heterocycles. The number of ketones is 1. The first-order chi connectivity index (χ1) is 10.1. The smallest absolute Gasteiger partial charge is 0.185 e. The molecule has 0 heterocycles. The standard InChI is InChI=1S/C17H15BrO3/c1-2-21-17-10-12(7-9-16(17)20)6-8-15(19)13-4-3-5-14(18)11-13/h3-11,20H,2H2,1H3/b8-6+. The lowest BCUT2D eigenvalue weighted by Crippen LogP contribution is -1.94. The first-order valence-electron chi connectivity index (χ1n) is 6.54. The van der Waals surface area contributed by atoms with Gasteiger partial charge in [0.1, 0.15) is 0 Å². The molecule has 0 spiro atoms. The molecule has 0 aliphatic carbocycles. The molecule has 0 unspecified atom stereocenters. The van der Waals surface area contributed by atoms with Gasteiger partial charge < -0.3 is 9.84 Å². The van der Waals surface area contributed by atoms with Gasteiger partial charge in [0.2, 0.25) is 0 Å². The molecule has 0 saturated carbocycles. The van der Waals surface area contributed by atoms with Crippen LogP contribution in [0.4, 0.5) is 0 Å². The number of phenolic OH excluding ortho intramolecular Hbond substituents is 1. The minimum Gasteiger partial charge on any atom is -0.504 e. The summed E-state index contributed by atoms with van der Waals surface area (Å²) in [7, 11) is 0. The maximum atomic E-state index is 12.1. The minimum absolute atomic E-state index is 0.0812. The van der Waals surface area contributed by atoms with Crippen molar-refractivity contribution in [3.8, 4) is 11.5 Å². The molecular formula is C17H15BrO3. The zero-order valence-corrected chi connectivity index (χ0v) is 13.1. The Labute approximate surface area is 132 Å². The van der Waals surface area contributed by atoms with E-state index in [0.717, 1.165) is 10.0 Å². The van der Waals surface area contributed by atoms with Crippen LogP contribution in [0.1, 0.15) is 22.8 Å². The van der Waals surface area contributed by atoms with Gasteiger partial charge in [-0.05, 0) is 42.8 Å². The van der Waals surface area contributed by atoms with Crippen molar-refractivity contribution < 1.29 is 14.6 Å². The minimum atomic E-state index is -0.0812. The fourth-order valence-electron chi connectivity index (χ4n) is 1.82. The van der Waals surface area contributed by atoms with Crippen LogP contribution in [0, 0.1) is 0 Å². The van der Waals surface area contributed by atoms with Gasteiger partial charge in [-0.3, -0.25) is 4.79 Å². The highest BCUT2D eigenvalue weighted by atomic mass is 79.9. The number of carbonyl (C=O) groups is 1. The Hall–Kier alpha value is -2.07. The van der Waals surface area contributed by atoms with Gasteiger partial charge in [-0.2, -0.15) is 0 Å². The normalized spacial score (nSPS) is 10.8. The summed E-state index contributed by atoms with van der Waals surface area (Å²) in [6, 6.07) is 12.2. The number of halogens is 1. The van der Waals surface area contributed by atoms with Crippen molar-refractivity contribution in [2.45, 2.75) is 6.92 Å². The molecule has 0 aromatic heterocycles.